The Labute approximate surface area is 56.4 Å². The van der Waals surface area contributed by atoms with Gasteiger partial charge in [0.2, 0.25) is 0 Å². The molecule has 3 heteroatoms. The first kappa shape index (κ1) is 8.88. The lowest BCUT2D eigenvalue weighted by molar-refractivity contribution is 0.153. The molecule has 0 aromatic heterocycles. The first-order chi connectivity index (χ1) is 4.12. The minimum atomic E-state index is -0.0248. The van der Waals surface area contributed by atoms with E-state index < -0.39 is 0 Å². The molecule has 3 nitrogen and oxygen atoms in total. The van der Waals surface area contributed by atoms with Gasteiger partial charge in [-0.3, -0.25) is 10.9 Å². The molecule has 0 atom stereocenters. The predicted octanol–water partition coefficient (Wildman–Crippen LogP) is -0.271. The quantitative estimate of drug-likeness (QED) is 0.461. The van der Waals surface area contributed by atoms with E-state index in [2.05, 4.69) is 10.9 Å². The zero-order valence-corrected chi connectivity index (χ0v) is 6.36. The second kappa shape index (κ2) is 3.82. The molecular formula is C6H16N2O. The van der Waals surface area contributed by atoms with Crippen LogP contribution in [0.5, 0.6) is 0 Å². The van der Waals surface area contributed by atoms with E-state index in [-0.39, 0.29) is 12.0 Å². The highest BCUT2D eigenvalue weighted by Crippen LogP contribution is 2.10. The van der Waals surface area contributed by atoms with Gasteiger partial charge in [-0.2, -0.15) is 0 Å². The van der Waals surface area contributed by atoms with Crippen LogP contribution >= 0.6 is 0 Å². The second-order valence-corrected chi connectivity index (χ2v) is 2.93. The summed E-state index contributed by atoms with van der Waals surface area (Å²) < 4.78 is 0. The van der Waals surface area contributed by atoms with Gasteiger partial charge >= 0.3 is 0 Å². The number of hydrazine groups is 1. The van der Waals surface area contributed by atoms with Crippen LogP contribution in [0.2, 0.25) is 0 Å². The average Bonchev–Trinajstić information content (AvgIpc) is 1.84. The van der Waals surface area contributed by atoms with Crippen LogP contribution in [-0.4, -0.2) is 25.3 Å². The summed E-state index contributed by atoms with van der Waals surface area (Å²) in [4.78, 5) is 0. The van der Waals surface area contributed by atoms with Gasteiger partial charge in [0.05, 0.1) is 0 Å². The Hall–Kier alpha value is -0.120. The van der Waals surface area contributed by atoms with Gasteiger partial charge in [0.1, 0.15) is 0 Å². The topological polar surface area (TPSA) is 44.3 Å². The fourth-order valence-corrected chi connectivity index (χ4v) is 0.384. The van der Waals surface area contributed by atoms with Crippen molar-refractivity contribution >= 4 is 0 Å². The fourth-order valence-electron chi connectivity index (χ4n) is 0.384. The van der Waals surface area contributed by atoms with Gasteiger partial charge in [0, 0.05) is 18.6 Å². The average molecular weight is 132 g/mol. The predicted molar refractivity (Wildman–Crippen MR) is 37.9 cm³/mol. The molecule has 0 saturated heterocycles. The number of rotatable bonds is 4. The van der Waals surface area contributed by atoms with Crippen LogP contribution in [0.3, 0.4) is 0 Å². The lowest BCUT2D eigenvalue weighted by atomic mass is 9.95. The Morgan fingerprint density at radius 2 is 2.00 bits per heavy atom. The third-order valence-electron chi connectivity index (χ3n) is 1.17. The van der Waals surface area contributed by atoms with Gasteiger partial charge in [-0.1, -0.05) is 13.8 Å². The molecule has 0 heterocycles. The Morgan fingerprint density at radius 3 is 2.33 bits per heavy atom. The highest BCUT2D eigenvalue weighted by atomic mass is 16.3. The minimum Gasteiger partial charge on any atom is -0.396 e. The van der Waals surface area contributed by atoms with Gasteiger partial charge in [0.15, 0.2) is 0 Å². The maximum Gasteiger partial charge on any atom is 0.0494 e. The Kier molecular flexibility index (Phi) is 3.77. The molecule has 0 amide bonds. The molecule has 0 saturated carbocycles. The van der Waals surface area contributed by atoms with Crippen molar-refractivity contribution in [3.63, 3.8) is 0 Å². The van der Waals surface area contributed by atoms with Crippen LogP contribution in [0.4, 0.5) is 0 Å². The number of nitrogens with one attached hydrogen (secondary N) is 2. The van der Waals surface area contributed by atoms with Crippen molar-refractivity contribution in [3.8, 4) is 0 Å². The van der Waals surface area contributed by atoms with E-state index in [9.17, 15) is 0 Å². The Morgan fingerprint density at radius 1 is 1.44 bits per heavy atom. The van der Waals surface area contributed by atoms with Crippen LogP contribution < -0.4 is 10.9 Å². The van der Waals surface area contributed by atoms with E-state index in [0.717, 1.165) is 6.54 Å². The third kappa shape index (κ3) is 4.39. The first-order valence-electron chi connectivity index (χ1n) is 3.13. The van der Waals surface area contributed by atoms with Crippen molar-refractivity contribution in [2.45, 2.75) is 13.8 Å². The van der Waals surface area contributed by atoms with Crippen molar-refractivity contribution < 1.29 is 5.11 Å². The summed E-state index contributed by atoms with van der Waals surface area (Å²) in [5.41, 5.74) is 5.70. The Balaban J connectivity index is 3.33. The zero-order valence-electron chi connectivity index (χ0n) is 6.36. The fraction of sp³-hybridized carbons (Fsp3) is 1.00. The van der Waals surface area contributed by atoms with Crippen molar-refractivity contribution in [3.05, 3.63) is 0 Å². The molecule has 0 radical (unpaired) electrons. The lowest BCUT2D eigenvalue weighted by Gasteiger charge is -2.21. The van der Waals surface area contributed by atoms with E-state index in [1.807, 2.05) is 20.9 Å². The van der Waals surface area contributed by atoms with Crippen molar-refractivity contribution in [1.82, 2.24) is 10.9 Å². The van der Waals surface area contributed by atoms with E-state index in [4.69, 9.17) is 5.11 Å². The second-order valence-electron chi connectivity index (χ2n) is 2.93. The largest absolute Gasteiger partial charge is 0.396 e. The maximum atomic E-state index is 8.75. The molecule has 9 heavy (non-hydrogen) atoms. The van der Waals surface area contributed by atoms with E-state index >= 15 is 0 Å². The normalized spacial score (nSPS) is 12.0. The summed E-state index contributed by atoms with van der Waals surface area (Å²) >= 11 is 0. The lowest BCUT2D eigenvalue weighted by Crippen LogP contribution is -2.38. The van der Waals surface area contributed by atoms with Crippen LogP contribution in [-0.2, 0) is 0 Å². The van der Waals surface area contributed by atoms with Crippen molar-refractivity contribution in [2.24, 2.45) is 5.41 Å². The van der Waals surface area contributed by atoms with Gasteiger partial charge in [-0.05, 0) is 7.05 Å². The van der Waals surface area contributed by atoms with E-state index in [1.54, 1.807) is 0 Å². The SMILES string of the molecule is CNNCC(C)(C)CO. The van der Waals surface area contributed by atoms with Crippen LogP contribution in [0.1, 0.15) is 13.8 Å². The monoisotopic (exact) mass is 132 g/mol. The summed E-state index contributed by atoms with van der Waals surface area (Å²) in [7, 11) is 1.81. The number of aliphatic hydroxyl groups is 1. The molecular weight excluding hydrogens is 116 g/mol. The highest BCUT2D eigenvalue weighted by molar-refractivity contribution is 4.67. The van der Waals surface area contributed by atoms with Gasteiger partial charge in [-0.25, -0.2) is 0 Å². The number of hydrogen-bond acceptors (Lipinski definition) is 3. The Bertz CT molecular complexity index is 73.5. The number of hydrogen-bond donors (Lipinski definition) is 3. The molecule has 0 aromatic rings. The zero-order chi connectivity index (χ0) is 7.33. The minimum absolute atomic E-state index is 0.0248. The molecule has 0 aliphatic carbocycles. The van der Waals surface area contributed by atoms with Gasteiger partial charge in [0.25, 0.3) is 0 Å². The summed E-state index contributed by atoms with van der Waals surface area (Å²) in [6.07, 6.45) is 0. The van der Waals surface area contributed by atoms with Gasteiger partial charge in [-0.15, -0.1) is 0 Å². The molecule has 3 N–H and O–H groups in total. The molecule has 0 bridgehead atoms. The molecule has 0 aromatic carbocycles. The third-order valence-corrected chi connectivity index (χ3v) is 1.17. The molecule has 0 unspecified atom stereocenters. The molecule has 0 rings (SSSR count). The van der Waals surface area contributed by atoms with E-state index in [0.29, 0.717) is 0 Å². The summed E-state index contributed by atoms with van der Waals surface area (Å²) in [6.45, 7) is 4.98. The molecule has 0 spiro atoms. The standard InChI is InChI=1S/C6H16N2O/c1-6(2,5-9)4-8-7-3/h7-9H,4-5H2,1-3H3. The summed E-state index contributed by atoms with van der Waals surface area (Å²) in [5.74, 6) is 0. The van der Waals surface area contributed by atoms with Crippen LogP contribution in [0.25, 0.3) is 0 Å². The number of aliphatic hydroxyl groups excluding tert-OH is 1. The maximum absolute atomic E-state index is 8.75. The molecule has 0 aliphatic rings. The first-order valence-corrected chi connectivity index (χ1v) is 3.13. The van der Waals surface area contributed by atoms with Gasteiger partial charge < -0.3 is 5.11 Å². The smallest absolute Gasteiger partial charge is 0.0494 e. The van der Waals surface area contributed by atoms with E-state index in [1.165, 1.54) is 0 Å². The molecule has 56 valence electrons. The summed E-state index contributed by atoms with van der Waals surface area (Å²) in [5, 5.41) is 8.75. The summed E-state index contributed by atoms with van der Waals surface area (Å²) in [6, 6.07) is 0. The van der Waals surface area contributed by atoms with Crippen molar-refractivity contribution in [2.75, 3.05) is 20.2 Å². The highest BCUT2D eigenvalue weighted by Gasteiger charge is 2.14. The molecule has 0 fully saturated rings. The molecule has 0 aliphatic heterocycles. The van der Waals surface area contributed by atoms with Crippen molar-refractivity contribution in [1.29, 1.82) is 0 Å². The van der Waals surface area contributed by atoms with Crippen LogP contribution in [0.15, 0.2) is 0 Å². The van der Waals surface area contributed by atoms with Crippen LogP contribution in [0, 0.1) is 5.41 Å².